The summed E-state index contributed by atoms with van der Waals surface area (Å²) < 4.78 is 2.13. The average Bonchev–Trinajstić information content (AvgIpc) is 2.84. The van der Waals surface area contributed by atoms with Gasteiger partial charge in [-0.1, -0.05) is 29.8 Å². The number of hydrogen-bond acceptors (Lipinski definition) is 3. The van der Waals surface area contributed by atoms with Gasteiger partial charge in [0.1, 0.15) is 11.6 Å². The lowest BCUT2D eigenvalue weighted by Crippen LogP contribution is -2.24. The minimum absolute atomic E-state index is 0.225. The van der Waals surface area contributed by atoms with E-state index in [1.165, 1.54) is 0 Å². The zero-order valence-electron chi connectivity index (χ0n) is 10.6. The molecule has 1 aliphatic heterocycles. The third-order valence-corrected chi connectivity index (χ3v) is 4.05. The summed E-state index contributed by atoms with van der Waals surface area (Å²) in [6, 6.07) is 7.80. The molecule has 0 saturated heterocycles. The fourth-order valence-corrected chi connectivity index (χ4v) is 2.75. The Balaban J connectivity index is 1.87. The number of nitrogens with zero attached hydrogens (tertiary/aromatic N) is 3. The average molecular weight is 278 g/mol. The Morgan fingerprint density at radius 3 is 2.95 bits per heavy atom. The molecule has 0 amide bonds. The van der Waals surface area contributed by atoms with Crippen LogP contribution in [-0.2, 0) is 19.4 Å². The second-order valence-corrected chi connectivity index (χ2v) is 5.41. The summed E-state index contributed by atoms with van der Waals surface area (Å²) in [6.45, 7) is 1.03. The van der Waals surface area contributed by atoms with Crippen LogP contribution in [0.3, 0.4) is 0 Å². The van der Waals surface area contributed by atoms with Crippen LogP contribution in [0.25, 0.3) is 0 Å². The van der Waals surface area contributed by atoms with E-state index in [0.717, 1.165) is 41.6 Å². The third kappa shape index (κ3) is 2.51. The van der Waals surface area contributed by atoms with Gasteiger partial charge in [0.25, 0.3) is 0 Å². The standard InChI is InChI=1S/C14H16ClN3O/c15-12-4-2-1-3-11(12)7-14-17-16-13-6-5-10(9-19)8-18(13)14/h1-4,10,19H,5-9H2. The highest BCUT2D eigenvalue weighted by atomic mass is 35.5. The molecule has 1 aliphatic rings. The highest BCUT2D eigenvalue weighted by Gasteiger charge is 2.22. The Morgan fingerprint density at radius 1 is 1.32 bits per heavy atom. The lowest BCUT2D eigenvalue weighted by atomic mass is 10.00. The number of hydrogen-bond donors (Lipinski definition) is 1. The van der Waals surface area contributed by atoms with Gasteiger partial charge in [-0.05, 0) is 18.1 Å². The number of halogens is 1. The van der Waals surface area contributed by atoms with Crippen LogP contribution in [-0.4, -0.2) is 26.5 Å². The summed E-state index contributed by atoms with van der Waals surface area (Å²) in [5.41, 5.74) is 1.06. The minimum Gasteiger partial charge on any atom is -0.396 e. The number of rotatable bonds is 3. The van der Waals surface area contributed by atoms with Crippen LogP contribution in [0.15, 0.2) is 24.3 Å². The highest BCUT2D eigenvalue weighted by Crippen LogP contribution is 2.23. The predicted molar refractivity (Wildman–Crippen MR) is 73.2 cm³/mol. The third-order valence-electron chi connectivity index (χ3n) is 3.69. The first-order valence-corrected chi connectivity index (χ1v) is 6.91. The Bertz CT molecular complexity index is 582. The molecule has 0 bridgehead atoms. The SMILES string of the molecule is OCC1CCc2nnc(Cc3ccccc3Cl)n2C1. The van der Waals surface area contributed by atoms with E-state index >= 15 is 0 Å². The van der Waals surface area contributed by atoms with Gasteiger partial charge in [0.2, 0.25) is 0 Å². The van der Waals surface area contributed by atoms with Crippen LogP contribution in [0, 0.1) is 5.92 Å². The maximum atomic E-state index is 9.30. The number of aliphatic hydroxyl groups is 1. The van der Waals surface area contributed by atoms with Crippen molar-refractivity contribution in [3.05, 3.63) is 46.5 Å². The van der Waals surface area contributed by atoms with E-state index in [2.05, 4.69) is 14.8 Å². The van der Waals surface area contributed by atoms with Crippen LogP contribution < -0.4 is 0 Å². The molecular formula is C14H16ClN3O. The summed E-state index contributed by atoms with van der Waals surface area (Å²) in [6.07, 6.45) is 2.56. The molecule has 100 valence electrons. The molecule has 0 aliphatic carbocycles. The number of aryl methyl sites for hydroxylation is 1. The summed E-state index contributed by atoms with van der Waals surface area (Å²) >= 11 is 6.18. The summed E-state index contributed by atoms with van der Waals surface area (Å²) in [4.78, 5) is 0. The van der Waals surface area contributed by atoms with Crippen LogP contribution in [0.4, 0.5) is 0 Å². The van der Waals surface area contributed by atoms with Crippen LogP contribution in [0.5, 0.6) is 0 Å². The van der Waals surface area contributed by atoms with Crippen LogP contribution >= 0.6 is 11.6 Å². The van der Waals surface area contributed by atoms with Gasteiger partial charge >= 0.3 is 0 Å². The molecule has 0 fully saturated rings. The topological polar surface area (TPSA) is 50.9 Å². The van der Waals surface area contributed by atoms with Gasteiger partial charge in [0.15, 0.2) is 0 Å². The van der Waals surface area contributed by atoms with Crippen molar-refractivity contribution in [3.63, 3.8) is 0 Å². The molecule has 1 aromatic heterocycles. The lowest BCUT2D eigenvalue weighted by molar-refractivity contribution is 0.189. The van der Waals surface area contributed by atoms with Gasteiger partial charge in [0, 0.05) is 36.9 Å². The zero-order valence-corrected chi connectivity index (χ0v) is 11.3. The molecule has 2 heterocycles. The molecule has 3 rings (SSSR count). The highest BCUT2D eigenvalue weighted by molar-refractivity contribution is 6.31. The lowest BCUT2D eigenvalue weighted by Gasteiger charge is -2.22. The smallest absolute Gasteiger partial charge is 0.137 e. The van der Waals surface area contributed by atoms with Gasteiger partial charge in [-0.2, -0.15) is 0 Å². The van der Waals surface area contributed by atoms with Crippen LogP contribution in [0.2, 0.25) is 5.02 Å². The van der Waals surface area contributed by atoms with Gasteiger partial charge in [-0.25, -0.2) is 0 Å². The number of aromatic nitrogens is 3. The van der Waals surface area contributed by atoms with E-state index in [4.69, 9.17) is 11.6 Å². The summed E-state index contributed by atoms with van der Waals surface area (Å²) in [5, 5.41) is 18.6. The molecule has 4 nitrogen and oxygen atoms in total. The quantitative estimate of drug-likeness (QED) is 0.934. The Morgan fingerprint density at radius 2 is 2.16 bits per heavy atom. The van der Waals surface area contributed by atoms with Gasteiger partial charge < -0.3 is 9.67 Å². The van der Waals surface area contributed by atoms with E-state index in [1.54, 1.807) is 0 Å². The molecular weight excluding hydrogens is 262 g/mol. The summed E-state index contributed by atoms with van der Waals surface area (Å²) in [5.74, 6) is 2.27. The maximum Gasteiger partial charge on any atom is 0.137 e. The maximum absolute atomic E-state index is 9.30. The Kier molecular flexibility index (Phi) is 3.53. The normalized spacial score (nSPS) is 18.3. The van der Waals surface area contributed by atoms with E-state index < -0.39 is 0 Å². The van der Waals surface area contributed by atoms with E-state index in [9.17, 15) is 5.11 Å². The Hall–Kier alpha value is -1.39. The molecule has 0 saturated carbocycles. The van der Waals surface area contributed by atoms with Crippen molar-refractivity contribution in [2.45, 2.75) is 25.8 Å². The second-order valence-electron chi connectivity index (χ2n) is 5.00. The van der Waals surface area contributed by atoms with E-state index in [-0.39, 0.29) is 6.61 Å². The van der Waals surface area contributed by atoms with Crippen molar-refractivity contribution >= 4 is 11.6 Å². The van der Waals surface area contributed by atoms with Crippen molar-refractivity contribution in [2.75, 3.05) is 6.61 Å². The van der Waals surface area contributed by atoms with Crippen molar-refractivity contribution in [1.29, 1.82) is 0 Å². The predicted octanol–water partition coefficient (Wildman–Crippen LogP) is 2.08. The molecule has 0 spiro atoms. The monoisotopic (exact) mass is 277 g/mol. The first-order valence-electron chi connectivity index (χ1n) is 6.53. The van der Waals surface area contributed by atoms with Crippen molar-refractivity contribution in [1.82, 2.24) is 14.8 Å². The number of aliphatic hydroxyl groups excluding tert-OH is 1. The number of fused-ring (bicyclic) bond motifs is 1. The zero-order chi connectivity index (χ0) is 13.2. The Labute approximate surface area is 117 Å². The van der Waals surface area contributed by atoms with Gasteiger partial charge in [-0.3, -0.25) is 0 Å². The molecule has 1 N–H and O–H groups in total. The molecule has 1 unspecified atom stereocenters. The first kappa shape index (κ1) is 12.6. The van der Waals surface area contributed by atoms with Crippen LogP contribution in [0.1, 0.15) is 23.6 Å². The van der Waals surface area contributed by atoms with Crippen molar-refractivity contribution in [3.8, 4) is 0 Å². The molecule has 1 atom stereocenters. The molecule has 0 radical (unpaired) electrons. The molecule has 5 heteroatoms. The molecule has 1 aromatic carbocycles. The van der Waals surface area contributed by atoms with Crippen molar-refractivity contribution < 1.29 is 5.11 Å². The number of benzene rings is 1. The molecule has 2 aromatic rings. The summed E-state index contributed by atoms with van der Waals surface area (Å²) in [7, 11) is 0. The van der Waals surface area contributed by atoms with Gasteiger partial charge in [0.05, 0.1) is 0 Å². The minimum atomic E-state index is 0.225. The van der Waals surface area contributed by atoms with E-state index in [1.807, 2.05) is 24.3 Å². The van der Waals surface area contributed by atoms with E-state index in [0.29, 0.717) is 12.3 Å². The fraction of sp³-hybridized carbons (Fsp3) is 0.429. The first-order chi connectivity index (χ1) is 9.28. The fourth-order valence-electron chi connectivity index (χ4n) is 2.54. The van der Waals surface area contributed by atoms with Crippen molar-refractivity contribution in [2.24, 2.45) is 5.92 Å². The second kappa shape index (κ2) is 5.31. The molecule has 19 heavy (non-hydrogen) atoms. The largest absolute Gasteiger partial charge is 0.396 e. The van der Waals surface area contributed by atoms with Gasteiger partial charge in [-0.15, -0.1) is 10.2 Å².